The Labute approximate surface area is 131 Å². The van der Waals surface area contributed by atoms with Gasteiger partial charge in [-0.2, -0.15) is 0 Å². The molecule has 0 saturated carbocycles. The van der Waals surface area contributed by atoms with Gasteiger partial charge in [0.05, 0.1) is 11.2 Å². The lowest BCUT2D eigenvalue weighted by atomic mass is 9.79. The van der Waals surface area contributed by atoms with E-state index in [1.807, 2.05) is 0 Å². The van der Waals surface area contributed by atoms with Crippen LogP contribution in [0.3, 0.4) is 0 Å². The van der Waals surface area contributed by atoms with E-state index in [9.17, 15) is 0 Å². The average Bonchev–Trinajstić information content (AvgIpc) is 2.46. The van der Waals surface area contributed by atoms with Crippen LogP contribution in [0.15, 0.2) is 0 Å². The lowest BCUT2D eigenvalue weighted by molar-refractivity contribution is -0.0806. The molecule has 2 fully saturated rings. The van der Waals surface area contributed by atoms with Crippen molar-refractivity contribution in [3.63, 3.8) is 0 Å². The quantitative estimate of drug-likeness (QED) is 0.861. The Morgan fingerprint density at radius 2 is 1.76 bits per heavy atom. The third kappa shape index (κ3) is 3.80. The molecule has 2 saturated heterocycles. The van der Waals surface area contributed by atoms with Crippen molar-refractivity contribution in [1.82, 2.24) is 10.2 Å². The van der Waals surface area contributed by atoms with Crippen molar-refractivity contribution in [2.24, 2.45) is 11.3 Å². The molecule has 0 spiro atoms. The first kappa shape index (κ1) is 17.2. The van der Waals surface area contributed by atoms with Crippen LogP contribution in [0.4, 0.5) is 0 Å². The maximum Gasteiger partial charge on any atom is 0.0790 e. The number of likely N-dealkylation sites (tertiary alicyclic amines) is 1. The first-order valence-corrected chi connectivity index (χ1v) is 8.73. The third-order valence-electron chi connectivity index (χ3n) is 5.43. The zero-order valence-electron chi connectivity index (χ0n) is 15.3. The van der Waals surface area contributed by atoms with E-state index in [0.717, 1.165) is 13.1 Å². The fourth-order valence-corrected chi connectivity index (χ4v) is 4.61. The molecule has 2 heterocycles. The van der Waals surface area contributed by atoms with E-state index in [1.165, 1.54) is 25.9 Å². The molecule has 0 aromatic carbocycles. The molecular formula is C18H36N2O. The largest absolute Gasteiger partial charge is 0.368 e. The van der Waals surface area contributed by atoms with Crippen molar-refractivity contribution in [3.05, 3.63) is 0 Å². The number of rotatable bonds is 4. The molecule has 0 aromatic heterocycles. The number of ether oxygens (including phenoxy) is 1. The van der Waals surface area contributed by atoms with Gasteiger partial charge < -0.3 is 15.0 Å². The predicted molar refractivity (Wildman–Crippen MR) is 89.7 cm³/mol. The van der Waals surface area contributed by atoms with Crippen LogP contribution in [0.1, 0.15) is 61.3 Å². The minimum atomic E-state index is -0.0878. The first-order valence-electron chi connectivity index (χ1n) is 8.73. The van der Waals surface area contributed by atoms with Gasteiger partial charge in [-0.25, -0.2) is 0 Å². The van der Waals surface area contributed by atoms with E-state index in [4.69, 9.17) is 4.74 Å². The van der Waals surface area contributed by atoms with Crippen LogP contribution in [0.2, 0.25) is 0 Å². The molecule has 2 atom stereocenters. The summed E-state index contributed by atoms with van der Waals surface area (Å²) in [5.41, 5.74) is 0.318. The summed E-state index contributed by atoms with van der Waals surface area (Å²) in [5.74, 6) is 0.543. The highest BCUT2D eigenvalue weighted by atomic mass is 16.5. The molecule has 0 amide bonds. The smallest absolute Gasteiger partial charge is 0.0790 e. The normalized spacial score (nSPS) is 35.0. The third-order valence-corrected chi connectivity index (χ3v) is 5.43. The summed E-state index contributed by atoms with van der Waals surface area (Å²) >= 11 is 0. The van der Waals surface area contributed by atoms with Crippen LogP contribution < -0.4 is 5.32 Å². The summed E-state index contributed by atoms with van der Waals surface area (Å²) in [6.45, 7) is 20.6. The molecule has 0 aromatic rings. The van der Waals surface area contributed by atoms with E-state index >= 15 is 0 Å². The van der Waals surface area contributed by atoms with Crippen molar-refractivity contribution < 1.29 is 4.74 Å². The van der Waals surface area contributed by atoms with Gasteiger partial charge in [0.1, 0.15) is 0 Å². The summed E-state index contributed by atoms with van der Waals surface area (Å²) in [4.78, 5) is 2.67. The molecule has 3 heteroatoms. The van der Waals surface area contributed by atoms with Crippen molar-refractivity contribution >= 4 is 0 Å². The van der Waals surface area contributed by atoms with Crippen LogP contribution in [-0.4, -0.2) is 48.3 Å². The number of hydrogen-bond acceptors (Lipinski definition) is 3. The molecule has 2 unspecified atom stereocenters. The van der Waals surface area contributed by atoms with Gasteiger partial charge in [-0.3, -0.25) is 0 Å². The van der Waals surface area contributed by atoms with Gasteiger partial charge >= 0.3 is 0 Å². The van der Waals surface area contributed by atoms with E-state index in [-0.39, 0.29) is 11.2 Å². The summed E-state index contributed by atoms with van der Waals surface area (Å²) in [6.07, 6.45) is 2.69. The highest BCUT2D eigenvalue weighted by Gasteiger charge is 2.53. The summed E-state index contributed by atoms with van der Waals surface area (Å²) in [6, 6.07) is 0.433. The number of likely N-dealkylation sites (N-methyl/N-ethyl adjacent to an activating group) is 1. The zero-order chi connectivity index (χ0) is 15.9. The number of nitrogens with one attached hydrogen (secondary N) is 1. The Kier molecular flexibility index (Phi) is 4.78. The van der Waals surface area contributed by atoms with Gasteiger partial charge in [-0.05, 0) is 59.0 Å². The highest BCUT2D eigenvalue weighted by Crippen LogP contribution is 2.43. The predicted octanol–water partition coefficient (Wildman–Crippen LogP) is 3.29. The van der Waals surface area contributed by atoms with Gasteiger partial charge in [0.2, 0.25) is 0 Å². The lowest BCUT2D eigenvalue weighted by Crippen LogP contribution is -2.52. The van der Waals surface area contributed by atoms with E-state index in [2.05, 4.69) is 58.7 Å². The van der Waals surface area contributed by atoms with Crippen LogP contribution in [0, 0.1) is 11.3 Å². The average molecular weight is 296 g/mol. The lowest BCUT2D eigenvalue weighted by Gasteiger charge is -2.41. The molecule has 0 aliphatic carbocycles. The Hall–Kier alpha value is -0.120. The van der Waals surface area contributed by atoms with Crippen LogP contribution in [0.25, 0.3) is 0 Å². The van der Waals surface area contributed by atoms with Crippen LogP contribution >= 0.6 is 0 Å². The van der Waals surface area contributed by atoms with Gasteiger partial charge in [0, 0.05) is 25.0 Å². The van der Waals surface area contributed by atoms with Crippen molar-refractivity contribution in [3.8, 4) is 0 Å². The molecular weight excluding hydrogens is 260 g/mol. The Balaban J connectivity index is 2.11. The number of nitrogens with zero attached hydrogens (tertiary/aromatic N) is 1. The summed E-state index contributed by atoms with van der Waals surface area (Å²) in [5, 5.41) is 3.70. The minimum Gasteiger partial charge on any atom is -0.368 e. The second-order valence-corrected chi connectivity index (χ2v) is 8.95. The monoisotopic (exact) mass is 296 g/mol. The molecule has 2 aliphatic rings. The second-order valence-electron chi connectivity index (χ2n) is 8.95. The van der Waals surface area contributed by atoms with Gasteiger partial charge in [0.15, 0.2) is 0 Å². The summed E-state index contributed by atoms with van der Waals surface area (Å²) in [7, 11) is 0. The summed E-state index contributed by atoms with van der Waals surface area (Å²) < 4.78 is 6.42. The Bertz CT molecular complexity index is 362. The van der Waals surface area contributed by atoms with Gasteiger partial charge in [0.25, 0.3) is 0 Å². The van der Waals surface area contributed by atoms with E-state index in [1.54, 1.807) is 0 Å². The van der Waals surface area contributed by atoms with Crippen LogP contribution in [-0.2, 0) is 4.74 Å². The van der Waals surface area contributed by atoms with Crippen molar-refractivity contribution in [1.29, 1.82) is 0 Å². The topological polar surface area (TPSA) is 24.5 Å². The maximum absolute atomic E-state index is 6.42. The number of hydrogen-bond donors (Lipinski definition) is 1. The maximum atomic E-state index is 6.42. The van der Waals surface area contributed by atoms with Crippen LogP contribution in [0.5, 0.6) is 0 Å². The first-order chi connectivity index (χ1) is 9.57. The fraction of sp³-hybridized carbons (Fsp3) is 1.00. The van der Waals surface area contributed by atoms with Gasteiger partial charge in [-0.15, -0.1) is 0 Å². The van der Waals surface area contributed by atoms with E-state index in [0.29, 0.717) is 17.4 Å². The Morgan fingerprint density at radius 1 is 1.10 bits per heavy atom. The Morgan fingerprint density at radius 3 is 2.33 bits per heavy atom. The highest BCUT2D eigenvalue weighted by molar-refractivity contribution is 5.06. The fourth-order valence-electron chi connectivity index (χ4n) is 4.61. The van der Waals surface area contributed by atoms with Gasteiger partial charge in [-0.1, -0.05) is 20.8 Å². The molecule has 3 nitrogen and oxygen atoms in total. The molecule has 1 N–H and O–H groups in total. The molecule has 124 valence electrons. The standard InChI is InChI=1S/C18H36N2O/c1-8-19-15-14(17(4,5)21-18(15,6)7)12-20-11-9-10-16(2,3)13-20/h14-15,19H,8-13H2,1-7H3. The molecule has 0 radical (unpaired) electrons. The number of piperidine rings is 1. The van der Waals surface area contributed by atoms with Crippen molar-refractivity contribution in [2.45, 2.75) is 78.6 Å². The SMILES string of the molecule is CCNC1C(CN2CCCC(C)(C)C2)C(C)(C)OC1(C)C. The van der Waals surface area contributed by atoms with E-state index < -0.39 is 0 Å². The molecule has 2 rings (SSSR count). The zero-order valence-corrected chi connectivity index (χ0v) is 15.3. The molecule has 21 heavy (non-hydrogen) atoms. The molecule has 0 bridgehead atoms. The van der Waals surface area contributed by atoms with Crippen molar-refractivity contribution in [2.75, 3.05) is 26.2 Å². The minimum absolute atomic E-state index is 0.0576. The second kappa shape index (κ2) is 5.82. The molecule has 2 aliphatic heterocycles.